The molecule has 28 heavy (non-hydrogen) atoms. The highest BCUT2D eigenvalue weighted by Crippen LogP contribution is 2.27. The first-order chi connectivity index (χ1) is 13.7. The smallest absolute Gasteiger partial charge is 0.204 e. The van der Waals surface area contributed by atoms with E-state index in [1.165, 1.54) is 0 Å². The van der Waals surface area contributed by atoms with Gasteiger partial charge in [0.05, 0.1) is 22.8 Å². The molecule has 5 heteroatoms. The Morgan fingerprint density at radius 3 is 2.18 bits per heavy atom. The van der Waals surface area contributed by atoms with Crippen LogP contribution in [0.1, 0.15) is 13.8 Å². The maximum absolute atomic E-state index is 12.8. The summed E-state index contributed by atoms with van der Waals surface area (Å²) >= 11 is 0. The third-order valence-corrected chi connectivity index (χ3v) is 4.84. The first kappa shape index (κ1) is 17.9. The average molecular weight is 370 g/mol. The number of aromatic nitrogens is 3. The van der Waals surface area contributed by atoms with Crippen LogP contribution in [0, 0.1) is 0 Å². The van der Waals surface area contributed by atoms with Gasteiger partial charge in [-0.1, -0.05) is 48.5 Å². The Bertz CT molecular complexity index is 1100. The van der Waals surface area contributed by atoms with Crippen molar-refractivity contribution in [1.29, 1.82) is 0 Å². The molecule has 4 rings (SSSR count). The molecule has 2 aromatic carbocycles. The average Bonchev–Trinajstić information content (AvgIpc) is 2.75. The Kier molecular flexibility index (Phi) is 4.89. The Labute approximate surface area is 164 Å². The number of rotatable bonds is 5. The predicted octanol–water partition coefficient (Wildman–Crippen LogP) is 4.25. The quantitative estimate of drug-likeness (QED) is 0.527. The summed E-state index contributed by atoms with van der Waals surface area (Å²) < 4.78 is 1.80. The molecule has 2 aliphatic rings. The zero-order chi connectivity index (χ0) is 19.5. The van der Waals surface area contributed by atoms with Gasteiger partial charge in [-0.25, -0.2) is 9.67 Å². The molecule has 0 unspecified atom stereocenters. The molecule has 0 radical (unpaired) electrons. The molecule has 0 fully saturated rings. The van der Waals surface area contributed by atoms with Gasteiger partial charge in [-0.05, 0) is 32.0 Å². The largest absolute Gasteiger partial charge is 0.369 e. The van der Waals surface area contributed by atoms with Gasteiger partial charge in [-0.3, -0.25) is 4.79 Å². The molecule has 0 atom stereocenters. The minimum Gasteiger partial charge on any atom is -0.369 e. The standard InChI is InChI=1S/C23H22N4O/c1-3-26(4-2)21-15-19-20(16-22(21)28)27(18-13-9-6-10-14-18)25-23(24-19)17-11-7-5-8-12-17/h5-16H,3-4H2,1-2H3. The molecular formula is C23H22N4O. The molecule has 0 spiro atoms. The summed E-state index contributed by atoms with van der Waals surface area (Å²) in [6.45, 7) is 5.64. The maximum atomic E-state index is 12.8. The number of para-hydroxylation sites is 1. The molecule has 0 saturated heterocycles. The van der Waals surface area contributed by atoms with Crippen LogP contribution in [0.4, 0.5) is 5.69 Å². The second kappa shape index (κ2) is 7.64. The van der Waals surface area contributed by atoms with E-state index in [2.05, 4.69) is 4.90 Å². The molecule has 0 N–H and O–H groups in total. The van der Waals surface area contributed by atoms with Crippen molar-refractivity contribution in [3.8, 4) is 28.5 Å². The monoisotopic (exact) mass is 370 g/mol. The zero-order valence-corrected chi connectivity index (χ0v) is 16.0. The third kappa shape index (κ3) is 3.27. The van der Waals surface area contributed by atoms with Gasteiger partial charge in [0.1, 0.15) is 0 Å². The van der Waals surface area contributed by atoms with Crippen molar-refractivity contribution in [2.75, 3.05) is 18.0 Å². The van der Waals surface area contributed by atoms with Crippen molar-refractivity contribution in [2.24, 2.45) is 0 Å². The van der Waals surface area contributed by atoms with Crippen LogP contribution in [0.15, 0.2) is 77.6 Å². The molecular weight excluding hydrogens is 348 g/mol. The van der Waals surface area contributed by atoms with Crippen LogP contribution >= 0.6 is 0 Å². The van der Waals surface area contributed by atoms with Crippen LogP contribution < -0.4 is 10.3 Å². The van der Waals surface area contributed by atoms with Crippen LogP contribution in [-0.2, 0) is 0 Å². The zero-order valence-electron chi connectivity index (χ0n) is 16.0. The van der Waals surface area contributed by atoms with Crippen LogP contribution in [0.3, 0.4) is 0 Å². The van der Waals surface area contributed by atoms with E-state index < -0.39 is 0 Å². The number of hydrogen-bond donors (Lipinski definition) is 0. The fraction of sp³-hybridized carbons (Fsp3) is 0.174. The highest BCUT2D eigenvalue weighted by molar-refractivity contribution is 5.69. The predicted molar refractivity (Wildman–Crippen MR) is 113 cm³/mol. The maximum Gasteiger partial charge on any atom is 0.204 e. The van der Waals surface area contributed by atoms with E-state index in [9.17, 15) is 4.79 Å². The minimum absolute atomic E-state index is 0.0167. The first-order valence-electron chi connectivity index (χ1n) is 9.52. The van der Waals surface area contributed by atoms with Crippen LogP contribution in [0.5, 0.6) is 0 Å². The molecule has 5 nitrogen and oxygen atoms in total. The minimum atomic E-state index is -0.0167. The van der Waals surface area contributed by atoms with Gasteiger partial charge in [0.2, 0.25) is 5.43 Å². The van der Waals surface area contributed by atoms with E-state index in [0.29, 0.717) is 17.2 Å². The Morgan fingerprint density at radius 1 is 0.893 bits per heavy atom. The summed E-state index contributed by atoms with van der Waals surface area (Å²) in [5, 5.41) is 4.75. The number of anilines is 1. The normalized spacial score (nSPS) is 10.9. The van der Waals surface area contributed by atoms with Gasteiger partial charge in [0.15, 0.2) is 5.82 Å². The van der Waals surface area contributed by atoms with E-state index in [0.717, 1.165) is 30.0 Å². The van der Waals surface area contributed by atoms with Crippen molar-refractivity contribution in [1.82, 2.24) is 14.8 Å². The van der Waals surface area contributed by atoms with Gasteiger partial charge < -0.3 is 4.90 Å². The summed E-state index contributed by atoms with van der Waals surface area (Å²) in [6, 6.07) is 23.3. The van der Waals surface area contributed by atoms with Crippen molar-refractivity contribution in [3.05, 3.63) is 83.0 Å². The lowest BCUT2D eigenvalue weighted by Gasteiger charge is -2.22. The summed E-state index contributed by atoms with van der Waals surface area (Å²) in [5.41, 5.74) is 3.93. The van der Waals surface area contributed by atoms with E-state index in [-0.39, 0.29) is 5.43 Å². The van der Waals surface area contributed by atoms with Crippen LogP contribution in [0.2, 0.25) is 0 Å². The van der Waals surface area contributed by atoms with Crippen molar-refractivity contribution in [3.63, 3.8) is 0 Å². The molecule has 140 valence electrons. The van der Waals surface area contributed by atoms with E-state index in [1.807, 2.05) is 80.6 Å². The van der Waals surface area contributed by atoms with Crippen molar-refractivity contribution < 1.29 is 0 Å². The molecule has 2 aromatic rings. The van der Waals surface area contributed by atoms with E-state index in [1.54, 1.807) is 10.7 Å². The summed E-state index contributed by atoms with van der Waals surface area (Å²) in [4.78, 5) is 19.7. The highest BCUT2D eigenvalue weighted by atomic mass is 16.1. The van der Waals surface area contributed by atoms with Gasteiger partial charge in [0, 0.05) is 24.7 Å². The molecule has 1 aliphatic carbocycles. The molecule has 0 aromatic heterocycles. The molecule has 1 aliphatic heterocycles. The Morgan fingerprint density at radius 2 is 1.54 bits per heavy atom. The second-order valence-corrected chi connectivity index (χ2v) is 6.53. The first-order valence-corrected chi connectivity index (χ1v) is 9.52. The van der Waals surface area contributed by atoms with Gasteiger partial charge in [0.25, 0.3) is 0 Å². The summed E-state index contributed by atoms with van der Waals surface area (Å²) in [5.74, 6) is 0.626. The van der Waals surface area contributed by atoms with Gasteiger partial charge in [-0.2, -0.15) is 0 Å². The molecule has 1 heterocycles. The topological polar surface area (TPSA) is 51.0 Å². The lowest BCUT2D eigenvalue weighted by Crippen LogP contribution is -2.28. The lowest BCUT2D eigenvalue weighted by molar-refractivity contribution is 0.822. The molecule has 0 bridgehead atoms. The number of nitrogens with zero attached hydrogens (tertiary/aromatic N) is 4. The summed E-state index contributed by atoms with van der Waals surface area (Å²) in [6.07, 6.45) is 0. The number of hydrogen-bond acceptors (Lipinski definition) is 4. The lowest BCUT2D eigenvalue weighted by atomic mass is 10.1. The van der Waals surface area contributed by atoms with Crippen molar-refractivity contribution in [2.45, 2.75) is 13.8 Å². The van der Waals surface area contributed by atoms with Crippen LogP contribution in [0.25, 0.3) is 28.5 Å². The van der Waals surface area contributed by atoms with Crippen molar-refractivity contribution >= 4 is 5.69 Å². The molecule has 0 amide bonds. The number of benzene rings is 3. The SMILES string of the molecule is CCN(CC)c1cc2nc(-c3ccccc3)nn(-c3ccccc3)c-2cc1=O. The Hall–Kier alpha value is -3.47. The second-order valence-electron chi connectivity index (χ2n) is 6.53. The fourth-order valence-corrected chi connectivity index (χ4v) is 3.38. The highest BCUT2D eigenvalue weighted by Gasteiger charge is 2.19. The molecule has 0 saturated carbocycles. The van der Waals surface area contributed by atoms with Gasteiger partial charge >= 0.3 is 0 Å². The fourth-order valence-electron chi connectivity index (χ4n) is 3.38. The van der Waals surface area contributed by atoms with E-state index in [4.69, 9.17) is 10.1 Å². The van der Waals surface area contributed by atoms with E-state index >= 15 is 0 Å². The Balaban J connectivity index is 2.01. The van der Waals surface area contributed by atoms with Gasteiger partial charge in [-0.15, -0.1) is 5.10 Å². The summed E-state index contributed by atoms with van der Waals surface area (Å²) in [7, 11) is 0. The third-order valence-electron chi connectivity index (χ3n) is 4.84. The van der Waals surface area contributed by atoms with Crippen LogP contribution in [-0.4, -0.2) is 27.9 Å². The number of fused-ring (bicyclic) bond motifs is 1.